The highest BCUT2D eigenvalue weighted by atomic mass is 32.2. The van der Waals surface area contributed by atoms with Crippen LogP contribution in [0.1, 0.15) is 59.9 Å². The predicted octanol–water partition coefficient (Wildman–Crippen LogP) is 3.39. The molecule has 2 unspecified atom stereocenters. The molecule has 0 spiro atoms. The maximum Gasteiger partial charge on any atom is 0.253 e. The first kappa shape index (κ1) is 40.6. The molecule has 0 fully saturated rings. The molecule has 3 rings (SSSR count). The molecule has 50 heavy (non-hydrogen) atoms. The molecule has 3 aromatic rings. The van der Waals surface area contributed by atoms with Crippen LogP contribution in [0.4, 0.5) is 8.78 Å². The van der Waals surface area contributed by atoms with Crippen molar-refractivity contribution in [3.05, 3.63) is 95.1 Å². The number of nitrogens with zero attached hydrogens (tertiary/aromatic N) is 3. The Morgan fingerprint density at radius 1 is 0.820 bits per heavy atom. The zero-order valence-corrected chi connectivity index (χ0v) is 30.4. The van der Waals surface area contributed by atoms with Gasteiger partial charge in [-0.25, -0.2) is 34.9 Å². The third kappa shape index (κ3) is 10.8. The monoisotopic (exact) mass is 737 g/mol. The molecule has 3 N–H and O–H groups in total. The molecule has 0 saturated carbocycles. The molecule has 0 aliphatic heterocycles. The van der Waals surface area contributed by atoms with Crippen molar-refractivity contribution < 1.29 is 40.3 Å². The van der Waals surface area contributed by atoms with Gasteiger partial charge in [0.05, 0.1) is 21.9 Å². The molecule has 0 aliphatic rings. The van der Waals surface area contributed by atoms with Gasteiger partial charge in [-0.1, -0.05) is 39.0 Å². The average molecular weight is 738 g/mol. The standard InChI is InChI=1S/C34H45F2N5O7S2/c1-6-14-40(15-7-2)34(44)26-19-25(20-30(21-26)50(47,48)39(4)5)33(43)37-31(18-24-16-27(35)22-28(36)17-24)32(42)23-41(8-3)38-49(45,46)29-12-10-9-11-13-29/h9-13,16-17,19-22,31-32,38,42H,6-8,14-15,18,23H2,1-5H3,(H,37,43). The van der Waals surface area contributed by atoms with E-state index in [1.807, 2.05) is 13.8 Å². The van der Waals surface area contributed by atoms with Gasteiger partial charge in [0, 0.05) is 57.5 Å². The van der Waals surface area contributed by atoms with Gasteiger partial charge in [0.25, 0.3) is 21.8 Å². The van der Waals surface area contributed by atoms with E-state index in [4.69, 9.17) is 0 Å². The van der Waals surface area contributed by atoms with Gasteiger partial charge >= 0.3 is 0 Å². The Kier molecular flexibility index (Phi) is 14.6. The Morgan fingerprint density at radius 3 is 1.94 bits per heavy atom. The number of likely N-dealkylation sites (N-methyl/N-ethyl adjacent to an activating group) is 1. The van der Waals surface area contributed by atoms with Gasteiger partial charge in [0.1, 0.15) is 11.6 Å². The van der Waals surface area contributed by atoms with E-state index in [9.17, 15) is 40.3 Å². The summed E-state index contributed by atoms with van der Waals surface area (Å²) in [6.45, 7) is 5.94. The Labute approximate surface area is 293 Å². The number of carbonyl (C=O) groups excluding carboxylic acids is 2. The molecule has 0 heterocycles. The lowest BCUT2D eigenvalue weighted by molar-refractivity contribution is 0.0634. The number of hydrazine groups is 1. The summed E-state index contributed by atoms with van der Waals surface area (Å²) in [4.78, 5) is 31.1. The van der Waals surface area contributed by atoms with E-state index in [0.717, 1.165) is 22.5 Å². The minimum atomic E-state index is -4.12. The molecule has 0 saturated heterocycles. The maximum absolute atomic E-state index is 14.2. The minimum absolute atomic E-state index is 0.0256. The fourth-order valence-corrected chi connectivity index (χ4v) is 7.31. The van der Waals surface area contributed by atoms with Crippen molar-refractivity contribution in [3.8, 4) is 0 Å². The van der Waals surface area contributed by atoms with Crippen molar-refractivity contribution in [1.82, 2.24) is 24.4 Å². The largest absolute Gasteiger partial charge is 0.390 e. The number of benzene rings is 3. The van der Waals surface area contributed by atoms with E-state index >= 15 is 0 Å². The molecule has 274 valence electrons. The van der Waals surface area contributed by atoms with Crippen LogP contribution in [0.3, 0.4) is 0 Å². The highest BCUT2D eigenvalue weighted by molar-refractivity contribution is 7.89. The second kappa shape index (κ2) is 17.9. The number of nitrogens with one attached hydrogen (secondary N) is 2. The maximum atomic E-state index is 14.2. The zero-order valence-electron chi connectivity index (χ0n) is 28.8. The van der Waals surface area contributed by atoms with Gasteiger partial charge in [0.15, 0.2) is 0 Å². The topological polar surface area (TPSA) is 156 Å². The van der Waals surface area contributed by atoms with Crippen molar-refractivity contribution in [2.75, 3.05) is 40.3 Å². The van der Waals surface area contributed by atoms with Crippen LogP contribution in [0.2, 0.25) is 0 Å². The second-order valence-electron chi connectivity index (χ2n) is 11.9. The van der Waals surface area contributed by atoms with E-state index < -0.39 is 55.6 Å². The second-order valence-corrected chi connectivity index (χ2v) is 15.7. The van der Waals surface area contributed by atoms with E-state index in [-0.39, 0.29) is 46.0 Å². The summed E-state index contributed by atoms with van der Waals surface area (Å²) in [6.07, 6.45) is -0.535. The van der Waals surface area contributed by atoms with Gasteiger partial charge in [-0.15, -0.1) is 4.83 Å². The van der Waals surface area contributed by atoms with Crippen molar-refractivity contribution in [1.29, 1.82) is 0 Å². The van der Waals surface area contributed by atoms with E-state index in [1.54, 1.807) is 30.0 Å². The van der Waals surface area contributed by atoms with Gasteiger partial charge in [-0.2, -0.15) is 0 Å². The van der Waals surface area contributed by atoms with Crippen LogP contribution < -0.4 is 10.1 Å². The van der Waals surface area contributed by atoms with E-state index in [2.05, 4.69) is 10.1 Å². The van der Waals surface area contributed by atoms with Crippen LogP contribution in [-0.2, 0) is 26.5 Å². The van der Waals surface area contributed by atoms with Gasteiger partial charge in [0.2, 0.25) is 10.0 Å². The number of aliphatic hydroxyl groups excluding tert-OH is 1. The molecule has 16 heteroatoms. The first-order valence-electron chi connectivity index (χ1n) is 16.2. The van der Waals surface area contributed by atoms with Crippen molar-refractivity contribution in [2.45, 2.75) is 62.0 Å². The van der Waals surface area contributed by atoms with Crippen LogP contribution in [0.15, 0.2) is 76.5 Å². The smallest absolute Gasteiger partial charge is 0.253 e. The van der Waals surface area contributed by atoms with Gasteiger partial charge < -0.3 is 15.3 Å². The summed E-state index contributed by atoms with van der Waals surface area (Å²) in [7, 11) is -5.56. The fraction of sp³-hybridized carbons (Fsp3) is 0.412. The average Bonchev–Trinajstić information content (AvgIpc) is 3.06. The SMILES string of the molecule is CCCN(CCC)C(=O)c1cc(C(=O)NC(Cc2cc(F)cc(F)c2)C(O)CN(CC)NS(=O)(=O)c2ccccc2)cc(S(=O)(=O)N(C)C)c1. The lowest BCUT2D eigenvalue weighted by atomic mass is 9.99. The van der Waals surface area contributed by atoms with Crippen LogP contribution in [0.5, 0.6) is 0 Å². The summed E-state index contributed by atoms with van der Waals surface area (Å²) >= 11 is 0. The number of amides is 2. The molecular weight excluding hydrogens is 693 g/mol. The number of hydrogen-bond acceptors (Lipinski definition) is 8. The lowest BCUT2D eigenvalue weighted by Crippen LogP contribution is -2.53. The summed E-state index contributed by atoms with van der Waals surface area (Å²) in [5.41, 5.74) is -0.185. The van der Waals surface area contributed by atoms with Crippen molar-refractivity contribution in [2.24, 2.45) is 0 Å². The van der Waals surface area contributed by atoms with Crippen LogP contribution in [0, 0.1) is 11.6 Å². The predicted molar refractivity (Wildman–Crippen MR) is 185 cm³/mol. The first-order valence-corrected chi connectivity index (χ1v) is 19.1. The number of aliphatic hydroxyl groups is 1. The molecule has 0 aromatic heterocycles. The third-order valence-corrected chi connectivity index (χ3v) is 10.9. The number of carbonyl (C=O) groups is 2. The van der Waals surface area contributed by atoms with Crippen LogP contribution in [0.25, 0.3) is 0 Å². The molecule has 3 aromatic carbocycles. The summed E-state index contributed by atoms with van der Waals surface area (Å²) < 4.78 is 81.7. The third-order valence-electron chi connectivity index (χ3n) is 7.72. The molecule has 0 bridgehead atoms. The number of rotatable bonds is 18. The van der Waals surface area contributed by atoms with Crippen LogP contribution >= 0.6 is 0 Å². The molecule has 12 nitrogen and oxygen atoms in total. The molecule has 2 amide bonds. The number of sulfonamides is 2. The normalized spacial score (nSPS) is 13.3. The number of halogens is 2. The number of hydrogen-bond donors (Lipinski definition) is 3. The van der Waals surface area contributed by atoms with Crippen molar-refractivity contribution in [3.63, 3.8) is 0 Å². The Balaban J connectivity index is 2.03. The lowest BCUT2D eigenvalue weighted by Gasteiger charge is -2.30. The van der Waals surface area contributed by atoms with E-state index in [1.165, 1.54) is 43.4 Å². The van der Waals surface area contributed by atoms with Crippen molar-refractivity contribution >= 4 is 31.9 Å². The summed E-state index contributed by atoms with van der Waals surface area (Å²) in [5, 5.41) is 15.3. The van der Waals surface area contributed by atoms with Gasteiger partial charge in [-0.3, -0.25) is 9.59 Å². The Morgan fingerprint density at radius 2 is 1.40 bits per heavy atom. The molecule has 0 radical (unpaired) electrons. The Hall–Kier alpha value is -3.80. The molecule has 0 aliphatic carbocycles. The summed E-state index contributed by atoms with van der Waals surface area (Å²) in [5.74, 6) is -3.14. The highest BCUT2D eigenvalue weighted by Gasteiger charge is 2.29. The summed E-state index contributed by atoms with van der Waals surface area (Å²) in [6, 6.07) is 12.5. The minimum Gasteiger partial charge on any atom is -0.390 e. The van der Waals surface area contributed by atoms with Crippen LogP contribution in [-0.4, -0.2) is 100 Å². The Bertz CT molecular complexity index is 1820. The van der Waals surface area contributed by atoms with E-state index in [0.29, 0.717) is 32.0 Å². The zero-order chi connectivity index (χ0) is 37.2. The highest BCUT2D eigenvalue weighted by Crippen LogP contribution is 2.21. The molecular formula is C34H45F2N5O7S2. The fourth-order valence-electron chi connectivity index (χ4n) is 5.17. The molecule has 2 atom stereocenters. The first-order chi connectivity index (χ1) is 23.5. The quantitative estimate of drug-likeness (QED) is 0.168. The van der Waals surface area contributed by atoms with Gasteiger partial charge in [-0.05, 0) is 67.3 Å².